The zero-order valence-electron chi connectivity index (χ0n) is 13.6. The van der Waals surface area contributed by atoms with Gasteiger partial charge in [-0.2, -0.15) is 0 Å². The van der Waals surface area contributed by atoms with Gasteiger partial charge >= 0.3 is 0 Å². The molecule has 1 aromatic rings. The largest absolute Gasteiger partial charge is 0.352 e. The summed E-state index contributed by atoms with van der Waals surface area (Å²) in [7, 11) is -3.51. The predicted molar refractivity (Wildman–Crippen MR) is 90.2 cm³/mol. The molecule has 2 N–H and O–H groups in total. The SMILES string of the molecule is CC(C)NS(=O)(=O)c1cccc(CNC(=O)C2CC=CCC2)c1. The topological polar surface area (TPSA) is 75.3 Å². The summed E-state index contributed by atoms with van der Waals surface area (Å²) in [6.45, 7) is 3.89. The van der Waals surface area contributed by atoms with Crippen molar-refractivity contribution in [2.75, 3.05) is 0 Å². The monoisotopic (exact) mass is 336 g/mol. The smallest absolute Gasteiger partial charge is 0.240 e. The highest BCUT2D eigenvalue weighted by molar-refractivity contribution is 7.89. The molecular formula is C17H24N2O3S. The first-order valence-electron chi connectivity index (χ1n) is 7.92. The van der Waals surface area contributed by atoms with Crippen molar-refractivity contribution >= 4 is 15.9 Å². The molecule has 0 fully saturated rings. The van der Waals surface area contributed by atoms with Crippen molar-refractivity contribution in [1.29, 1.82) is 0 Å². The summed E-state index contributed by atoms with van der Waals surface area (Å²) in [6, 6.07) is 6.51. The molecule has 1 aromatic carbocycles. The van der Waals surface area contributed by atoms with E-state index in [0.717, 1.165) is 24.8 Å². The number of carbonyl (C=O) groups is 1. The first-order chi connectivity index (χ1) is 10.9. The number of amides is 1. The molecule has 2 rings (SSSR count). The second kappa shape index (κ2) is 7.75. The Labute approximate surface area is 138 Å². The van der Waals surface area contributed by atoms with E-state index in [9.17, 15) is 13.2 Å². The lowest BCUT2D eigenvalue weighted by Gasteiger charge is -2.17. The Morgan fingerprint density at radius 2 is 2.09 bits per heavy atom. The van der Waals surface area contributed by atoms with Gasteiger partial charge in [0.2, 0.25) is 15.9 Å². The molecule has 0 heterocycles. The Hall–Kier alpha value is -1.66. The number of sulfonamides is 1. The molecular weight excluding hydrogens is 312 g/mol. The highest BCUT2D eigenvalue weighted by Crippen LogP contribution is 2.18. The van der Waals surface area contributed by atoms with Crippen LogP contribution in [-0.4, -0.2) is 20.4 Å². The number of hydrogen-bond donors (Lipinski definition) is 2. The van der Waals surface area contributed by atoms with E-state index in [2.05, 4.69) is 16.1 Å². The van der Waals surface area contributed by atoms with Crippen molar-refractivity contribution in [3.63, 3.8) is 0 Å². The fraction of sp³-hybridized carbons (Fsp3) is 0.471. The molecule has 0 aromatic heterocycles. The number of nitrogens with one attached hydrogen (secondary N) is 2. The normalized spacial score (nSPS) is 18.1. The van der Waals surface area contributed by atoms with Crippen LogP contribution < -0.4 is 10.0 Å². The van der Waals surface area contributed by atoms with Crippen LogP contribution in [-0.2, 0) is 21.4 Å². The summed E-state index contributed by atoms with van der Waals surface area (Å²) in [4.78, 5) is 12.3. The molecule has 0 aliphatic heterocycles. The van der Waals surface area contributed by atoms with Crippen LogP contribution in [0.25, 0.3) is 0 Å². The van der Waals surface area contributed by atoms with E-state index in [1.165, 1.54) is 0 Å². The Balaban J connectivity index is 2.00. The van der Waals surface area contributed by atoms with Gasteiger partial charge in [-0.15, -0.1) is 0 Å². The van der Waals surface area contributed by atoms with Gasteiger partial charge in [0.15, 0.2) is 0 Å². The van der Waals surface area contributed by atoms with Crippen LogP contribution in [0.15, 0.2) is 41.3 Å². The average Bonchev–Trinajstić information content (AvgIpc) is 2.52. The molecule has 0 saturated heterocycles. The fourth-order valence-corrected chi connectivity index (χ4v) is 3.89. The predicted octanol–water partition coefficient (Wildman–Crippen LogP) is 2.35. The standard InChI is InChI=1S/C17H24N2O3S/c1-13(2)19-23(21,22)16-10-6-7-14(11-16)12-18-17(20)15-8-4-3-5-9-15/h3-4,6-7,10-11,13,15,19H,5,8-9,12H2,1-2H3,(H,18,20). The van der Waals surface area contributed by atoms with Gasteiger partial charge in [-0.25, -0.2) is 13.1 Å². The van der Waals surface area contributed by atoms with E-state index in [-0.39, 0.29) is 22.8 Å². The summed E-state index contributed by atoms with van der Waals surface area (Å²) in [5.41, 5.74) is 0.774. The third-order valence-corrected chi connectivity index (χ3v) is 5.36. The van der Waals surface area contributed by atoms with E-state index >= 15 is 0 Å². The Bertz CT molecular complexity index is 681. The average molecular weight is 336 g/mol. The van der Waals surface area contributed by atoms with Crippen LogP contribution in [0.5, 0.6) is 0 Å². The molecule has 0 spiro atoms. The summed E-state index contributed by atoms with van der Waals surface area (Å²) in [5, 5.41) is 2.90. The molecule has 126 valence electrons. The van der Waals surface area contributed by atoms with Crippen LogP contribution in [0.2, 0.25) is 0 Å². The maximum Gasteiger partial charge on any atom is 0.240 e. The maximum atomic E-state index is 12.2. The third kappa shape index (κ3) is 5.18. The van der Waals surface area contributed by atoms with Gasteiger partial charge in [0.25, 0.3) is 0 Å². The second-order valence-corrected chi connectivity index (χ2v) is 7.84. The lowest BCUT2D eigenvalue weighted by molar-refractivity contribution is -0.125. The zero-order valence-corrected chi connectivity index (χ0v) is 14.4. The van der Waals surface area contributed by atoms with E-state index in [1.54, 1.807) is 32.0 Å². The molecule has 5 nitrogen and oxygen atoms in total. The molecule has 1 atom stereocenters. The van der Waals surface area contributed by atoms with Crippen molar-refractivity contribution in [3.05, 3.63) is 42.0 Å². The number of benzene rings is 1. The highest BCUT2D eigenvalue weighted by atomic mass is 32.2. The summed E-state index contributed by atoms with van der Waals surface area (Å²) in [5.74, 6) is 0.0532. The molecule has 1 amide bonds. The van der Waals surface area contributed by atoms with Gasteiger partial charge in [-0.05, 0) is 50.8 Å². The highest BCUT2D eigenvalue weighted by Gasteiger charge is 2.19. The number of carbonyl (C=O) groups excluding carboxylic acids is 1. The zero-order chi connectivity index (χ0) is 16.9. The van der Waals surface area contributed by atoms with E-state index < -0.39 is 10.0 Å². The molecule has 0 saturated carbocycles. The van der Waals surface area contributed by atoms with Crippen molar-refractivity contribution in [1.82, 2.24) is 10.0 Å². The van der Waals surface area contributed by atoms with Crippen molar-refractivity contribution in [3.8, 4) is 0 Å². The lowest BCUT2D eigenvalue weighted by Crippen LogP contribution is -2.31. The molecule has 23 heavy (non-hydrogen) atoms. The molecule has 0 bridgehead atoms. The van der Waals surface area contributed by atoms with Gasteiger partial charge in [0.1, 0.15) is 0 Å². The molecule has 1 aliphatic rings. The van der Waals surface area contributed by atoms with Crippen molar-refractivity contribution < 1.29 is 13.2 Å². The Morgan fingerprint density at radius 3 is 2.74 bits per heavy atom. The first-order valence-corrected chi connectivity index (χ1v) is 9.41. The summed E-state index contributed by atoms with van der Waals surface area (Å²) >= 11 is 0. The minimum atomic E-state index is -3.51. The second-order valence-electron chi connectivity index (χ2n) is 6.12. The van der Waals surface area contributed by atoms with E-state index in [4.69, 9.17) is 0 Å². The Morgan fingerprint density at radius 1 is 1.30 bits per heavy atom. The van der Waals surface area contributed by atoms with Gasteiger partial charge in [0, 0.05) is 18.5 Å². The van der Waals surface area contributed by atoms with Crippen LogP contribution in [0.3, 0.4) is 0 Å². The molecule has 1 aliphatic carbocycles. The minimum Gasteiger partial charge on any atom is -0.352 e. The van der Waals surface area contributed by atoms with Crippen LogP contribution >= 0.6 is 0 Å². The number of allylic oxidation sites excluding steroid dienone is 2. The van der Waals surface area contributed by atoms with Crippen molar-refractivity contribution in [2.24, 2.45) is 5.92 Å². The van der Waals surface area contributed by atoms with Crippen molar-refractivity contribution in [2.45, 2.75) is 50.6 Å². The fourth-order valence-electron chi connectivity index (χ4n) is 2.57. The van der Waals surface area contributed by atoms with Crippen LogP contribution in [0.1, 0.15) is 38.7 Å². The van der Waals surface area contributed by atoms with Gasteiger partial charge in [0.05, 0.1) is 4.90 Å². The van der Waals surface area contributed by atoms with E-state index in [1.807, 2.05) is 12.1 Å². The maximum absolute atomic E-state index is 12.2. The summed E-state index contributed by atoms with van der Waals surface area (Å²) in [6.07, 6.45) is 6.72. The minimum absolute atomic E-state index is 0.0227. The van der Waals surface area contributed by atoms with Gasteiger partial charge in [-0.3, -0.25) is 4.79 Å². The third-order valence-electron chi connectivity index (χ3n) is 3.71. The number of hydrogen-bond acceptors (Lipinski definition) is 3. The van der Waals surface area contributed by atoms with Gasteiger partial charge < -0.3 is 5.32 Å². The van der Waals surface area contributed by atoms with E-state index in [0.29, 0.717) is 6.54 Å². The van der Waals surface area contributed by atoms with Crippen LogP contribution in [0.4, 0.5) is 0 Å². The Kier molecular flexibility index (Phi) is 5.96. The molecule has 0 radical (unpaired) electrons. The lowest BCUT2D eigenvalue weighted by atomic mass is 9.93. The molecule has 1 unspecified atom stereocenters. The molecule has 6 heteroatoms. The summed E-state index contributed by atoms with van der Waals surface area (Å²) < 4.78 is 26.9. The van der Waals surface area contributed by atoms with Crippen LogP contribution in [0, 0.1) is 5.92 Å². The number of rotatable bonds is 6. The van der Waals surface area contributed by atoms with Gasteiger partial charge in [-0.1, -0.05) is 24.3 Å². The first kappa shape index (κ1) is 17.7. The quantitative estimate of drug-likeness (QED) is 0.783.